The van der Waals surface area contributed by atoms with Gasteiger partial charge >= 0.3 is 6.09 Å². The number of hydrogen-bond donors (Lipinski definition) is 0. The molecule has 7 nitrogen and oxygen atoms in total. The van der Waals surface area contributed by atoms with Gasteiger partial charge in [0, 0.05) is 0 Å². The first kappa shape index (κ1) is 42.9. The number of carbonyl (C=O) groups excluding carboxylic acids is 1. The van der Waals surface area contributed by atoms with Crippen LogP contribution in [0.5, 0.6) is 0 Å². The summed E-state index contributed by atoms with van der Waals surface area (Å²) in [5, 5.41) is 0. The van der Waals surface area contributed by atoms with Crippen LogP contribution in [0.2, 0.25) is 18.0 Å². The van der Waals surface area contributed by atoms with Crippen LogP contribution in [0.15, 0.2) is 152 Å². The monoisotopic (exact) mass is 819 g/mol. The van der Waals surface area contributed by atoms with E-state index < -0.39 is 30.4 Å². The van der Waals surface area contributed by atoms with Gasteiger partial charge in [0.15, 0.2) is 0 Å². The molecule has 3 heterocycles. The second-order valence-electron chi connectivity index (χ2n) is 17.3. The Bertz CT molecular complexity index is 1990. The first-order valence-corrected chi connectivity index (χ1v) is 22.8. The maximum absolute atomic E-state index is 15.0. The molecule has 5 aromatic rings. The van der Waals surface area contributed by atoms with Gasteiger partial charge in [-0.15, -0.1) is 0 Å². The van der Waals surface area contributed by atoms with E-state index in [4.69, 9.17) is 23.7 Å². The Kier molecular flexibility index (Phi) is 15.8. The summed E-state index contributed by atoms with van der Waals surface area (Å²) < 4.78 is 34.1. The van der Waals surface area contributed by atoms with E-state index in [0.29, 0.717) is 26.4 Å². The SMILES string of the molecule is O=C(OCc1ccccc1)N1[C@H]([C@@H](CCCB2C3CCCC2CCC3)OCc2ccccc2)[C@@H](OCc2ccccc2)[C@H](OCc2ccccc2)[C@H]1COCc1ccccc1. The number of hydrogen-bond acceptors (Lipinski definition) is 6. The second kappa shape index (κ2) is 22.4. The molecule has 8 heteroatoms. The van der Waals surface area contributed by atoms with E-state index in [2.05, 4.69) is 60.7 Å². The van der Waals surface area contributed by atoms with Crippen LogP contribution in [0.4, 0.5) is 4.79 Å². The molecule has 61 heavy (non-hydrogen) atoms. The van der Waals surface area contributed by atoms with Gasteiger partial charge in [-0.1, -0.05) is 215 Å². The van der Waals surface area contributed by atoms with Crippen molar-refractivity contribution >= 4 is 12.8 Å². The quantitative estimate of drug-likeness (QED) is 0.0729. The molecule has 318 valence electrons. The molecular weight excluding hydrogens is 757 g/mol. The second-order valence-corrected chi connectivity index (χ2v) is 17.3. The molecule has 0 aliphatic carbocycles. The van der Waals surface area contributed by atoms with Crippen molar-refractivity contribution in [2.45, 2.75) is 133 Å². The normalized spacial score (nSPS) is 22.8. The molecule has 0 N–H and O–H groups in total. The topological polar surface area (TPSA) is 66.5 Å². The summed E-state index contributed by atoms with van der Waals surface area (Å²) >= 11 is 0. The fourth-order valence-electron chi connectivity index (χ4n) is 10.3. The highest BCUT2D eigenvalue weighted by Crippen LogP contribution is 2.48. The van der Waals surface area contributed by atoms with Gasteiger partial charge in [-0.3, -0.25) is 4.90 Å². The molecule has 3 saturated heterocycles. The number of likely N-dealkylation sites (tertiary alicyclic amines) is 1. The highest BCUT2D eigenvalue weighted by Gasteiger charge is 2.56. The lowest BCUT2D eigenvalue weighted by atomic mass is 9.26. The predicted octanol–water partition coefficient (Wildman–Crippen LogP) is 11.7. The molecule has 2 bridgehead atoms. The standard InChI is InChI=1S/C53H62BNO6/c56-53(61-39-45-27-14-5-15-28-45)55-48(40-57-35-41-19-6-1-7-20-41)51(59-37-43-23-10-3-11-24-43)52(60-38-44-25-12-4-13-26-44)50(55)49(58-36-42-21-8-2-9-22-42)33-18-34-54-46-29-16-30-47(54)32-17-31-46/h1-15,19-28,46-52H,16-18,29-40H2/t46?,47?,48-,49-,50-,51-,52-/m1/s1. The third-order valence-corrected chi connectivity index (χ3v) is 13.3. The summed E-state index contributed by atoms with van der Waals surface area (Å²) in [5.74, 6) is 1.66. The first-order valence-electron chi connectivity index (χ1n) is 22.8. The van der Waals surface area contributed by atoms with E-state index >= 15 is 4.79 Å². The minimum atomic E-state index is -0.548. The van der Waals surface area contributed by atoms with Crippen LogP contribution in [0.1, 0.15) is 79.2 Å². The first-order chi connectivity index (χ1) is 30.2. The van der Waals surface area contributed by atoms with Crippen molar-refractivity contribution < 1.29 is 28.5 Å². The van der Waals surface area contributed by atoms with Crippen molar-refractivity contribution in [3.8, 4) is 0 Å². The van der Waals surface area contributed by atoms with Crippen molar-refractivity contribution in [2.75, 3.05) is 6.61 Å². The number of carbonyl (C=O) groups is 1. The van der Waals surface area contributed by atoms with Crippen LogP contribution in [0.3, 0.4) is 0 Å². The summed E-state index contributed by atoms with van der Waals surface area (Å²) in [6.45, 7) is 2.66. The Labute approximate surface area is 363 Å². The lowest BCUT2D eigenvalue weighted by Gasteiger charge is -2.41. The van der Waals surface area contributed by atoms with E-state index in [9.17, 15) is 0 Å². The van der Waals surface area contributed by atoms with E-state index in [1.54, 1.807) is 0 Å². The van der Waals surface area contributed by atoms with Crippen LogP contribution in [0.25, 0.3) is 0 Å². The van der Waals surface area contributed by atoms with Gasteiger partial charge in [-0.2, -0.15) is 0 Å². The molecule has 0 unspecified atom stereocenters. The number of ether oxygens (including phenoxy) is 5. The molecule has 5 atom stereocenters. The van der Waals surface area contributed by atoms with Gasteiger partial charge in [0.1, 0.15) is 25.5 Å². The Morgan fingerprint density at radius 1 is 0.557 bits per heavy atom. The average molecular weight is 820 g/mol. The summed E-state index contributed by atoms with van der Waals surface area (Å²) in [5.41, 5.74) is 5.17. The average Bonchev–Trinajstić information content (AvgIpc) is 3.61. The molecule has 3 aliphatic heterocycles. The molecule has 1 amide bonds. The van der Waals surface area contributed by atoms with Crippen LogP contribution < -0.4 is 0 Å². The van der Waals surface area contributed by atoms with E-state index in [1.807, 2.05) is 95.9 Å². The lowest BCUT2D eigenvalue weighted by molar-refractivity contribution is -0.105. The van der Waals surface area contributed by atoms with Gasteiger partial charge in [-0.25, -0.2) is 4.79 Å². The van der Waals surface area contributed by atoms with Crippen molar-refractivity contribution in [1.29, 1.82) is 0 Å². The Balaban J connectivity index is 1.16. The fourth-order valence-corrected chi connectivity index (χ4v) is 10.3. The van der Waals surface area contributed by atoms with Gasteiger partial charge in [0.2, 0.25) is 0 Å². The highest BCUT2D eigenvalue weighted by atomic mass is 16.6. The largest absolute Gasteiger partial charge is 0.445 e. The van der Waals surface area contributed by atoms with E-state index in [0.717, 1.165) is 59.0 Å². The molecule has 0 aromatic heterocycles. The zero-order chi connectivity index (χ0) is 41.5. The molecule has 0 spiro atoms. The maximum atomic E-state index is 15.0. The summed E-state index contributed by atoms with van der Waals surface area (Å²) in [4.78, 5) is 16.9. The summed E-state index contributed by atoms with van der Waals surface area (Å²) in [6, 6.07) is 49.8. The molecule has 8 rings (SSSR count). The molecule has 0 saturated carbocycles. The Hall–Kier alpha value is -4.73. The van der Waals surface area contributed by atoms with Gasteiger partial charge in [0.25, 0.3) is 0 Å². The molecule has 3 fully saturated rings. The fraction of sp³-hybridized carbons (Fsp3) is 0.415. The minimum absolute atomic E-state index is 0.144. The molecule has 3 aliphatic rings. The number of amides is 1. The van der Waals surface area contributed by atoms with Gasteiger partial charge < -0.3 is 23.7 Å². The van der Waals surface area contributed by atoms with Crippen LogP contribution in [-0.4, -0.2) is 54.7 Å². The summed E-state index contributed by atoms with van der Waals surface area (Å²) in [7, 11) is 0. The Morgan fingerprint density at radius 3 is 1.51 bits per heavy atom. The zero-order valence-corrected chi connectivity index (χ0v) is 35.6. The lowest BCUT2D eigenvalue weighted by Crippen LogP contribution is -2.52. The smallest absolute Gasteiger partial charge is 0.410 e. The van der Waals surface area contributed by atoms with E-state index in [1.165, 1.54) is 44.8 Å². The van der Waals surface area contributed by atoms with Crippen LogP contribution in [0, 0.1) is 0 Å². The highest BCUT2D eigenvalue weighted by molar-refractivity contribution is 6.62. The number of rotatable bonds is 20. The number of benzene rings is 5. The molecule has 0 radical (unpaired) electrons. The van der Waals surface area contributed by atoms with Crippen molar-refractivity contribution in [1.82, 2.24) is 4.90 Å². The zero-order valence-electron chi connectivity index (χ0n) is 35.6. The molecular formula is C53H62BNO6. The summed E-state index contributed by atoms with van der Waals surface area (Å²) in [6.07, 6.45) is 9.27. The minimum Gasteiger partial charge on any atom is -0.445 e. The number of fused-ring (bicyclic) bond motifs is 2. The van der Waals surface area contributed by atoms with Crippen molar-refractivity contribution in [2.24, 2.45) is 0 Å². The van der Waals surface area contributed by atoms with E-state index in [-0.39, 0.29) is 19.3 Å². The molecule has 5 aromatic carbocycles. The van der Waals surface area contributed by atoms with Gasteiger partial charge in [0.05, 0.1) is 51.2 Å². The maximum Gasteiger partial charge on any atom is 0.410 e. The van der Waals surface area contributed by atoms with Gasteiger partial charge in [-0.05, 0) is 34.2 Å². The van der Waals surface area contributed by atoms with Crippen molar-refractivity contribution in [3.63, 3.8) is 0 Å². The third kappa shape index (κ3) is 11.8. The van der Waals surface area contributed by atoms with Crippen LogP contribution in [-0.2, 0) is 56.7 Å². The Morgan fingerprint density at radius 2 is 1.00 bits per heavy atom. The predicted molar refractivity (Wildman–Crippen MR) is 242 cm³/mol. The van der Waals surface area contributed by atoms with Crippen LogP contribution >= 0.6 is 0 Å². The number of nitrogens with zero attached hydrogens (tertiary/aromatic N) is 1. The third-order valence-electron chi connectivity index (χ3n) is 13.3. The van der Waals surface area contributed by atoms with Crippen molar-refractivity contribution in [3.05, 3.63) is 179 Å².